The second kappa shape index (κ2) is 5.31. The minimum absolute atomic E-state index is 0.110. The molecule has 20 heavy (non-hydrogen) atoms. The van der Waals surface area contributed by atoms with E-state index in [0.717, 1.165) is 19.3 Å². The molecule has 1 N–H and O–H groups in total. The number of ether oxygens (including phenoxy) is 1. The molecule has 0 bridgehead atoms. The molecule has 1 aromatic rings. The summed E-state index contributed by atoms with van der Waals surface area (Å²) in [6.45, 7) is 2.93. The van der Waals surface area contributed by atoms with Crippen molar-refractivity contribution >= 4 is 22.0 Å². The normalized spacial score (nSPS) is 27.4. The summed E-state index contributed by atoms with van der Waals surface area (Å²) < 4.78 is 5.75. The van der Waals surface area contributed by atoms with Crippen molar-refractivity contribution in [1.82, 2.24) is 0 Å². The molecule has 0 aromatic carbocycles. The van der Waals surface area contributed by atoms with Gasteiger partial charge in [0.25, 0.3) is 0 Å². The lowest BCUT2D eigenvalue weighted by Gasteiger charge is -2.37. The van der Waals surface area contributed by atoms with Crippen molar-refractivity contribution < 1.29 is 14.8 Å². The number of rotatable bonds is 3. The van der Waals surface area contributed by atoms with Gasteiger partial charge in [-0.15, -0.1) is 11.3 Å². The van der Waals surface area contributed by atoms with E-state index >= 15 is 0 Å². The van der Waals surface area contributed by atoms with Crippen molar-refractivity contribution in [2.24, 2.45) is 0 Å². The highest BCUT2D eigenvalue weighted by molar-refractivity contribution is 7.16. The minimum atomic E-state index is -0.673. The van der Waals surface area contributed by atoms with E-state index in [1.165, 1.54) is 17.4 Å². The number of thiophene rings is 1. The van der Waals surface area contributed by atoms with Crippen LogP contribution in [0.2, 0.25) is 0 Å². The number of hydrogen-bond acceptors (Lipinski definition) is 6. The van der Waals surface area contributed by atoms with E-state index in [4.69, 9.17) is 4.74 Å². The fourth-order valence-corrected chi connectivity index (χ4v) is 4.26. The summed E-state index contributed by atoms with van der Waals surface area (Å²) in [7, 11) is 0. The lowest BCUT2D eigenvalue weighted by atomic mass is 10.1. The van der Waals surface area contributed by atoms with E-state index in [-0.39, 0.29) is 22.8 Å². The van der Waals surface area contributed by atoms with E-state index in [1.54, 1.807) is 6.92 Å². The lowest BCUT2D eigenvalue weighted by Crippen LogP contribution is -2.48. The lowest BCUT2D eigenvalue weighted by molar-refractivity contribution is -0.383. The molecule has 0 amide bonds. The molecule has 1 aliphatic heterocycles. The largest absolute Gasteiger partial charge is 0.388 e. The number of aliphatic hydroxyl groups is 1. The van der Waals surface area contributed by atoms with E-state index in [0.29, 0.717) is 23.0 Å². The highest BCUT2D eigenvalue weighted by Gasteiger charge is 2.39. The molecule has 1 saturated heterocycles. The summed E-state index contributed by atoms with van der Waals surface area (Å²) in [6, 6.07) is 1.74. The average molecular weight is 298 g/mol. The molecule has 2 unspecified atom stereocenters. The Labute approximate surface area is 121 Å². The summed E-state index contributed by atoms with van der Waals surface area (Å²) in [4.78, 5) is 13.7. The second-order valence-electron chi connectivity index (χ2n) is 5.37. The SMILES string of the molecule is C[C@@H](O)c1cc([N+](=O)[O-])c(N2CCOC3CCCC32)s1. The van der Waals surface area contributed by atoms with Gasteiger partial charge in [0.1, 0.15) is 0 Å². The number of fused-ring (bicyclic) bond motifs is 1. The molecule has 7 heteroatoms. The molecule has 0 radical (unpaired) electrons. The van der Waals surface area contributed by atoms with Gasteiger partial charge in [-0.25, -0.2) is 0 Å². The van der Waals surface area contributed by atoms with Gasteiger partial charge in [-0.3, -0.25) is 10.1 Å². The highest BCUT2D eigenvalue weighted by Crippen LogP contribution is 2.44. The summed E-state index contributed by atoms with van der Waals surface area (Å²) >= 11 is 1.33. The van der Waals surface area contributed by atoms with Gasteiger partial charge in [0.2, 0.25) is 0 Å². The Morgan fingerprint density at radius 3 is 3.10 bits per heavy atom. The third kappa shape index (κ3) is 2.30. The van der Waals surface area contributed by atoms with Crippen LogP contribution in [0.4, 0.5) is 10.7 Å². The van der Waals surface area contributed by atoms with Gasteiger partial charge in [-0.2, -0.15) is 0 Å². The number of morpholine rings is 1. The molecule has 2 aliphatic rings. The molecule has 2 heterocycles. The minimum Gasteiger partial charge on any atom is -0.388 e. The standard InChI is InChI=1S/C13H18N2O4S/c1-8(16)12-7-10(15(17)18)13(20-12)14-5-6-19-11-4-2-3-9(11)14/h7-9,11,16H,2-6H2,1H3/t8-,9?,11?/m1/s1. The third-order valence-corrected chi connectivity index (χ3v) is 5.40. The Morgan fingerprint density at radius 2 is 2.40 bits per heavy atom. The van der Waals surface area contributed by atoms with Crippen molar-refractivity contribution in [1.29, 1.82) is 0 Å². The second-order valence-corrected chi connectivity index (χ2v) is 6.44. The molecule has 1 saturated carbocycles. The van der Waals surface area contributed by atoms with Crippen LogP contribution in [0.25, 0.3) is 0 Å². The van der Waals surface area contributed by atoms with E-state index in [9.17, 15) is 15.2 Å². The van der Waals surface area contributed by atoms with Gasteiger partial charge < -0.3 is 14.7 Å². The van der Waals surface area contributed by atoms with Gasteiger partial charge >= 0.3 is 5.69 Å². The quantitative estimate of drug-likeness (QED) is 0.685. The van der Waals surface area contributed by atoms with Gasteiger partial charge in [0.15, 0.2) is 5.00 Å². The van der Waals surface area contributed by atoms with Crippen molar-refractivity contribution in [3.05, 3.63) is 21.1 Å². The van der Waals surface area contributed by atoms with Crippen molar-refractivity contribution in [3.63, 3.8) is 0 Å². The van der Waals surface area contributed by atoms with Crippen LogP contribution >= 0.6 is 11.3 Å². The maximum absolute atomic E-state index is 11.3. The monoisotopic (exact) mass is 298 g/mol. The number of anilines is 1. The first-order valence-corrected chi connectivity index (χ1v) is 7.74. The number of nitrogens with zero attached hydrogens (tertiary/aromatic N) is 2. The Morgan fingerprint density at radius 1 is 1.60 bits per heavy atom. The molecule has 2 fully saturated rings. The van der Waals surface area contributed by atoms with E-state index in [2.05, 4.69) is 4.90 Å². The van der Waals surface area contributed by atoms with Crippen LogP contribution in [0.15, 0.2) is 6.07 Å². The predicted molar refractivity (Wildman–Crippen MR) is 76.3 cm³/mol. The van der Waals surface area contributed by atoms with E-state index in [1.807, 2.05) is 0 Å². The molecule has 3 atom stereocenters. The van der Waals surface area contributed by atoms with E-state index < -0.39 is 6.10 Å². The van der Waals surface area contributed by atoms with Gasteiger partial charge in [0, 0.05) is 17.5 Å². The Balaban J connectivity index is 1.97. The first kappa shape index (κ1) is 13.8. The molecule has 3 rings (SSSR count). The van der Waals surface area contributed by atoms with Crippen LogP contribution in [0.5, 0.6) is 0 Å². The molecule has 1 aromatic heterocycles. The van der Waals surface area contributed by atoms with Gasteiger partial charge in [0.05, 0.1) is 29.8 Å². The maximum atomic E-state index is 11.3. The van der Waals surface area contributed by atoms with Crippen molar-refractivity contribution in [2.45, 2.75) is 44.4 Å². The molecule has 110 valence electrons. The number of hydrogen-bond donors (Lipinski definition) is 1. The fraction of sp³-hybridized carbons (Fsp3) is 0.692. The third-order valence-electron chi connectivity index (χ3n) is 4.06. The molecule has 0 spiro atoms. The Bertz CT molecular complexity index is 516. The first-order valence-electron chi connectivity index (χ1n) is 6.92. The molecule has 1 aliphatic carbocycles. The van der Waals surface area contributed by atoms with Crippen LogP contribution < -0.4 is 4.90 Å². The Hall–Kier alpha value is -1.18. The van der Waals surface area contributed by atoms with Crippen molar-refractivity contribution in [3.8, 4) is 0 Å². The first-order chi connectivity index (χ1) is 9.58. The van der Waals surface area contributed by atoms with Crippen LogP contribution in [-0.4, -0.2) is 35.3 Å². The summed E-state index contributed by atoms with van der Waals surface area (Å²) in [6.07, 6.45) is 2.68. The zero-order valence-electron chi connectivity index (χ0n) is 11.3. The fourth-order valence-electron chi connectivity index (χ4n) is 3.11. The van der Waals surface area contributed by atoms with Crippen LogP contribution in [0, 0.1) is 10.1 Å². The molecule has 6 nitrogen and oxygen atoms in total. The topological polar surface area (TPSA) is 75.8 Å². The zero-order chi connectivity index (χ0) is 14.3. The number of aliphatic hydroxyl groups excluding tert-OH is 1. The number of nitro groups is 1. The van der Waals surface area contributed by atoms with Crippen LogP contribution in [0.3, 0.4) is 0 Å². The summed E-state index contributed by atoms with van der Waals surface area (Å²) in [5, 5.41) is 21.6. The van der Waals surface area contributed by atoms with Gasteiger partial charge in [-0.1, -0.05) is 0 Å². The van der Waals surface area contributed by atoms with Crippen LogP contribution in [0.1, 0.15) is 37.2 Å². The van der Waals surface area contributed by atoms with Gasteiger partial charge in [-0.05, 0) is 26.2 Å². The van der Waals surface area contributed by atoms with Crippen molar-refractivity contribution in [2.75, 3.05) is 18.1 Å². The smallest absolute Gasteiger partial charge is 0.304 e. The van der Waals surface area contributed by atoms with Crippen LogP contribution in [-0.2, 0) is 4.74 Å². The molecular formula is C13H18N2O4S. The zero-order valence-corrected chi connectivity index (χ0v) is 12.1. The predicted octanol–water partition coefficient (Wildman–Crippen LogP) is 2.47. The average Bonchev–Trinajstić information content (AvgIpc) is 3.04. The summed E-state index contributed by atoms with van der Waals surface area (Å²) in [5.74, 6) is 0. The molecular weight excluding hydrogens is 280 g/mol. The summed E-state index contributed by atoms with van der Waals surface area (Å²) in [5.41, 5.74) is 0.110. The maximum Gasteiger partial charge on any atom is 0.304 e. The Kier molecular flexibility index (Phi) is 3.66. The highest BCUT2D eigenvalue weighted by atomic mass is 32.1.